The Morgan fingerprint density at radius 2 is 1.82 bits per heavy atom. The van der Waals surface area contributed by atoms with E-state index in [0.717, 1.165) is 30.9 Å². The Labute approximate surface area is 74.4 Å². The molecule has 0 atom stereocenters. The molecule has 2 heteroatoms. The molecule has 0 bridgehead atoms. The van der Waals surface area contributed by atoms with Crippen LogP contribution >= 0.6 is 11.6 Å². The lowest BCUT2D eigenvalue weighted by Gasteiger charge is -1.99. The molecule has 0 spiro atoms. The van der Waals surface area contributed by atoms with Gasteiger partial charge in [-0.25, -0.2) is 0 Å². The quantitative estimate of drug-likeness (QED) is 0.539. The largest absolute Gasteiger partial charge is 0.379 e. The molecule has 0 N–H and O–H groups in total. The first-order chi connectivity index (χ1) is 5.27. The lowest BCUT2D eigenvalue weighted by atomic mass is 10.1. The third-order valence-corrected chi connectivity index (χ3v) is 1.68. The second-order valence-corrected chi connectivity index (χ2v) is 3.12. The molecule has 1 nitrogen and oxygen atoms in total. The van der Waals surface area contributed by atoms with Gasteiger partial charge < -0.3 is 4.74 Å². The monoisotopic (exact) mass is 175 g/mol. The van der Waals surface area contributed by atoms with Crippen molar-refractivity contribution in [1.29, 1.82) is 0 Å². The van der Waals surface area contributed by atoms with Gasteiger partial charge in [0, 0.05) is 11.6 Å². The highest BCUT2D eigenvalue weighted by Crippen LogP contribution is 2.10. The van der Waals surface area contributed by atoms with Gasteiger partial charge in [-0.05, 0) is 19.3 Å². The highest BCUT2D eigenvalue weighted by Gasteiger charge is 1.90. The van der Waals surface area contributed by atoms with E-state index in [-0.39, 0.29) is 0 Å². The molecule has 1 radical (unpaired) electrons. The van der Waals surface area contributed by atoms with Gasteiger partial charge in [0.25, 0.3) is 0 Å². The van der Waals surface area contributed by atoms with Crippen molar-refractivity contribution in [3.05, 3.63) is 18.7 Å². The molecule has 0 aromatic rings. The van der Waals surface area contributed by atoms with Gasteiger partial charge in [-0.2, -0.15) is 0 Å². The van der Waals surface area contributed by atoms with E-state index in [4.69, 9.17) is 11.6 Å². The first-order valence-electron chi connectivity index (χ1n) is 3.97. The Kier molecular flexibility index (Phi) is 8.08. The summed E-state index contributed by atoms with van der Waals surface area (Å²) in [5.41, 5.74) is 0. The van der Waals surface area contributed by atoms with Gasteiger partial charge >= 0.3 is 0 Å². The second-order valence-electron chi connectivity index (χ2n) is 2.59. The number of hydrogen-bond donors (Lipinski definition) is 0. The second kappa shape index (κ2) is 8.09. The van der Waals surface area contributed by atoms with Crippen molar-refractivity contribution in [2.75, 3.05) is 6.61 Å². The minimum Gasteiger partial charge on any atom is -0.379 e. The van der Waals surface area contributed by atoms with Crippen LogP contribution in [0, 0.1) is 7.11 Å². The van der Waals surface area contributed by atoms with Crippen LogP contribution < -0.4 is 0 Å². The number of ether oxygens (including phenoxy) is 1. The molecule has 0 aromatic heterocycles. The van der Waals surface area contributed by atoms with Gasteiger partial charge in [-0.3, -0.25) is 0 Å². The SMILES string of the molecule is [CH2]OCCCCCCC(=C)Cl. The van der Waals surface area contributed by atoms with Crippen LogP contribution in [0.3, 0.4) is 0 Å². The summed E-state index contributed by atoms with van der Waals surface area (Å²) in [6, 6.07) is 0. The van der Waals surface area contributed by atoms with Crippen molar-refractivity contribution in [2.24, 2.45) is 0 Å². The zero-order valence-electron chi connectivity index (χ0n) is 6.94. The standard InChI is InChI=1S/C9H16ClO/c1-9(10)7-5-3-4-6-8-11-2/h1-8H2. The Hall–Kier alpha value is -0.0100. The van der Waals surface area contributed by atoms with E-state index in [2.05, 4.69) is 18.4 Å². The molecule has 65 valence electrons. The summed E-state index contributed by atoms with van der Waals surface area (Å²) in [5.74, 6) is 0. The molecule has 0 heterocycles. The number of halogens is 1. The van der Waals surface area contributed by atoms with Gasteiger partial charge in [0.1, 0.15) is 0 Å². The molecule has 0 aliphatic carbocycles. The topological polar surface area (TPSA) is 9.23 Å². The van der Waals surface area contributed by atoms with Crippen LogP contribution in [0.1, 0.15) is 32.1 Å². The van der Waals surface area contributed by atoms with Crippen molar-refractivity contribution >= 4 is 11.6 Å². The molecule has 0 rings (SSSR count). The van der Waals surface area contributed by atoms with Crippen molar-refractivity contribution in [3.63, 3.8) is 0 Å². The summed E-state index contributed by atoms with van der Waals surface area (Å²) < 4.78 is 4.68. The predicted octanol–water partition coefficient (Wildman–Crippen LogP) is 3.50. The van der Waals surface area contributed by atoms with E-state index in [1.54, 1.807) is 0 Å². The highest BCUT2D eigenvalue weighted by atomic mass is 35.5. The molecular formula is C9H16ClO. The summed E-state index contributed by atoms with van der Waals surface area (Å²) >= 11 is 5.59. The first-order valence-corrected chi connectivity index (χ1v) is 4.35. The van der Waals surface area contributed by atoms with Crippen molar-refractivity contribution < 1.29 is 4.74 Å². The Balaban J connectivity index is 2.85. The summed E-state index contributed by atoms with van der Waals surface area (Å²) in [4.78, 5) is 0. The number of rotatable bonds is 7. The fourth-order valence-corrected chi connectivity index (χ4v) is 1.01. The molecule has 11 heavy (non-hydrogen) atoms. The maximum absolute atomic E-state index is 5.59. The van der Waals surface area contributed by atoms with Crippen molar-refractivity contribution in [2.45, 2.75) is 32.1 Å². The molecular weight excluding hydrogens is 160 g/mol. The minimum absolute atomic E-state index is 0.762. The van der Waals surface area contributed by atoms with Crippen molar-refractivity contribution in [3.8, 4) is 0 Å². The first kappa shape index (κ1) is 11.0. The molecule has 0 saturated carbocycles. The minimum atomic E-state index is 0.762. The van der Waals surface area contributed by atoms with E-state index in [1.165, 1.54) is 12.8 Å². The van der Waals surface area contributed by atoms with Gasteiger partial charge in [-0.15, -0.1) is 0 Å². The number of unbranched alkanes of at least 4 members (excludes halogenated alkanes) is 3. The normalized spacial score (nSPS) is 10.0. The zero-order chi connectivity index (χ0) is 8.53. The average Bonchev–Trinajstić information content (AvgIpc) is 1.96. The molecule has 0 saturated heterocycles. The van der Waals surface area contributed by atoms with E-state index in [1.807, 2.05) is 0 Å². The summed E-state index contributed by atoms with van der Waals surface area (Å²) in [5, 5.41) is 0.762. The van der Waals surface area contributed by atoms with Crippen LogP contribution in [0.2, 0.25) is 0 Å². The maximum atomic E-state index is 5.59. The fraction of sp³-hybridized carbons (Fsp3) is 0.667. The molecule has 0 aromatic carbocycles. The summed E-state index contributed by atoms with van der Waals surface area (Å²) in [6.07, 6.45) is 5.57. The van der Waals surface area contributed by atoms with Crippen molar-refractivity contribution in [1.82, 2.24) is 0 Å². The van der Waals surface area contributed by atoms with E-state index < -0.39 is 0 Å². The van der Waals surface area contributed by atoms with Crippen LogP contribution in [0.4, 0.5) is 0 Å². The smallest absolute Gasteiger partial charge is 0.0700 e. The third-order valence-electron chi connectivity index (χ3n) is 1.49. The van der Waals surface area contributed by atoms with Gasteiger partial charge in [0.15, 0.2) is 0 Å². The van der Waals surface area contributed by atoms with Crippen LogP contribution in [0.5, 0.6) is 0 Å². The molecule has 0 amide bonds. The summed E-state index contributed by atoms with van der Waals surface area (Å²) in [6.45, 7) is 4.39. The molecule has 0 unspecified atom stereocenters. The van der Waals surface area contributed by atoms with Crippen LogP contribution in [-0.2, 0) is 4.74 Å². The number of allylic oxidation sites excluding steroid dienone is 1. The van der Waals surface area contributed by atoms with Gasteiger partial charge in [0.05, 0.1) is 7.11 Å². The average molecular weight is 176 g/mol. The molecule has 0 fully saturated rings. The van der Waals surface area contributed by atoms with E-state index >= 15 is 0 Å². The Bertz CT molecular complexity index is 102. The van der Waals surface area contributed by atoms with E-state index in [9.17, 15) is 0 Å². The van der Waals surface area contributed by atoms with Crippen LogP contribution in [0.15, 0.2) is 11.6 Å². The maximum Gasteiger partial charge on any atom is 0.0700 e. The van der Waals surface area contributed by atoms with E-state index in [0.29, 0.717) is 0 Å². The summed E-state index contributed by atoms with van der Waals surface area (Å²) in [7, 11) is 3.30. The lowest BCUT2D eigenvalue weighted by molar-refractivity contribution is 0.233. The zero-order valence-corrected chi connectivity index (χ0v) is 7.70. The molecule has 0 aliphatic rings. The fourth-order valence-electron chi connectivity index (χ4n) is 0.874. The van der Waals surface area contributed by atoms with Crippen LogP contribution in [-0.4, -0.2) is 6.61 Å². The highest BCUT2D eigenvalue weighted by molar-refractivity contribution is 6.29. The lowest BCUT2D eigenvalue weighted by Crippen LogP contribution is -1.86. The Morgan fingerprint density at radius 1 is 1.18 bits per heavy atom. The predicted molar refractivity (Wildman–Crippen MR) is 49.4 cm³/mol. The number of hydrogen-bond acceptors (Lipinski definition) is 1. The van der Waals surface area contributed by atoms with Gasteiger partial charge in [-0.1, -0.05) is 31.0 Å². The molecule has 0 aliphatic heterocycles. The third kappa shape index (κ3) is 9.99. The Morgan fingerprint density at radius 3 is 2.36 bits per heavy atom. The van der Waals surface area contributed by atoms with Crippen LogP contribution in [0.25, 0.3) is 0 Å². The van der Waals surface area contributed by atoms with Gasteiger partial charge in [0.2, 0.25) is 0 Å².